The Morgan fingerprint density at radius 1 is 0.955 bits per heavy atom. The van der Waals surface area contributed by atoms with E-state index in [9.17, 15) is 13.2 Å². The minimum atomic E-state index is -4.53. The minimum Gasteiger partial charge on any atom is -0.454 e. The Balaban J connectivity index is 2.38. The molecule has 0 aliphatic heterocycles. The summed E-state index contributed by atoms with van der Waals surface area (Å²) in [4.78, 5) is 0. The van der Waals surface area contributed by atoms with Crippen LogP contribution in [-0.4, -0.2) is 0 Å². The van der Waals surface area contributed by atoms with Crippen LogP contribution in [0.1, 0.15) is 11.1 Å². The number of alkyl halides is 4. The zero-order valence-electron chi connectivity index (χ0n) is 10.6. The summed E-state index contributed by atoms with van der Waals surface area (Å²) in [5.74, 6) is 0.321. The Kier molecular flexibility index (Phi) is 5.54. The lowest BCUT2D eigenvalue weighted by atomic mass is 10.2. The third kappa shape index (κ3) is 4.02. The van der Waals surface area contributed by atoms with Crippen molar-refractivity contribution in [3.05, 3.63) is 56.5 Å². The van der Waals surface area contributed by atoms with Crippen molar-refractivity contribution in [2.45, 2.75) is 11.5 Å². The van der Waals surface area contributed by atoms with Gasteiger partial charge in [-0.3, -0.25) is 0 Å². The van der Waals surface area contributed by atoms with Crippen LogP contribution in [0.3, 0.4) is 0 Å². The second-order valence-electron chi connectivity index (χ2n) is 4.26. The topological polar surface area (TPSA) is 9.23 Å². The van der Waals surface area contributed by atoms with Crippen LogP contribution in [0.15, 0.2) is 30.3 Å². The van der Waals surface area contributed by atoms with Gasteiger partial charge in [-0.2, -0.15) is 13.2 Å². The van der Waals surface area contributed by atoms with Crippen molar-refractivity contribution in [2.24, 2.45) is 0 Å². The summed E-state index contributed by atoms with van der Waals surface area (Å²) < 4.78 is 43.5. The van der Waals surface area contributed by atoms with Gasteiger partial charge in [-0.1, -0.05) is 50.7 Å². The lowest BCUT2D eigenvalue weighted by molar-refractivity contribution is -0.137. The third-order valence-electron chi connectivity index (χ3n) is 2.71. The molecule has 0 bridgehead atoms. The van der Waals surface area contributed by atoms with Crippen LogP contribution in [0.2, 0.25) is 15.1 Å². The first-order valence-electron chi connectivity index (χ1n) is 5.81. The smallest absolute Gasteiger partial charge is 0.416 e. The standard InChI is InChI=1S/C14H7BrCl3F3O/c15-6-7-3-9(1-2-10(7)16)22-13-11(17)4-8(5-12(13)18)14(19,20)21/h1-5H,6H2. The fourth-order valence-corrected chi connectivity index (χ4v) is 3.03. The zero-order valence-corrected chi connectivity index (χ0v) is 14.5. The van der Waals surface area contributed by atoms with E-state index in [-0.39, 0.29) is 15.8 Å². The molecule has 0 heterocycles. The maximum Gasteiger partial charge on any atom is 0.416 e. The number of benzene rings is 2. The van der Waals surface area contributed by atoms with Gasteiger partial charge >= 0.3 is 6.18 Å². The molecule has 0 saturated carbocycles. The summed E-state index contributed by atoms with van der Waals surface area (Å²) in [6, 6.07) is 6.35. The molecule has 0 spiro atoms. The molecule has 0 aromatic heterocycles. The van der Waals surface area contributed by atoms with Crippen LogP contribution in [0.25, 0.3) is 0 Å². The van der Waals surface area contributed by atoms with E-state index in [0.717, 1.165) is 17.7 Å². The largest absolute Gasteiger partial charge is 0.454 e. The van der Waals surface area contributed by atoms with Gasteiger partial charge in [0.05, 0.1) is 15.6 Å². The fourth-order valence-electron chi connectivity index (χ4n) is 1.66. The van der Waals surface area contributed by atoms with E-state index in [1.165, 1.54) is 0 Å². The quantitative estimate of drug-likeness (QED) is 0.459. The van der Waals surface area contributed by atoms with E-state index in [1.807, 2.05) is 0 Å². The first-order chi connectivity index (χ1) is 10.2. The Morgan fingerprint density at radius 3 is 2.05 bits per heavy atom. The summed E-state index contributed by atoms with van der Waals surface area (Å²) in [7, 11) is 0. The molecule has 0 aliphatic rings. The summed E-state index contributed by atoms with van der Waals surface area (Å²) in [6.07, 6.45) is -4.53. The summed E-state index contributed by atoms with van der Waals surface area (Å²) in [5.41, 5.74) is -0.176. The first kappa shape index (κ1) is 17.7. The van der Waals surface area contributed by atoms with Crippen molar-refractivity contribution < 1.29 is 17.9 Å². The predicted octanol–water partition coefficient (Wildman–Crippen LogP) is 7.35. The van der Waals surface area contributed by atoms with Gasteiger partial charge in [0, 0.05) is 10.4 Å². The van der Waals surface area contributed by atoms with Crippen molar-refractivity contribution in [3.8, 4) is 11.5 Å². The number of halogens is 7. The van der Waals surface area contributed by atoms with Crippen LogP contribution in [0.5, 0.6) is 11.5 Å². The van der Waals surface area contributed by atoms with E-state index in [4.69, 9.17) is 39.5 Å². The predicted molar refractivity (Wildman–Crippen MR) is 85.6 cm³/mol. The van der Waals surface area contributed by atoms with Gasteiger partial charge in [-0.05, 0) is 35.9 Å². The lowest BCUT2D eigenvalue weighted by Crippen LogP contribution is -2.05. The van der Waals surface area contributed by atoms with Crippen molar-refractivity contribution in [1.82, 2.24) is 0 Å². The molecule has 0 amide bonds. The van der Waals surface area contributed by atoms with Gasteiger partial charge in [-0.15, -0.1) is 0 Å². The SMILES string of the molecule is FC(F)(F)c1cc(Cl)c(Oc2ccc(Cl)c(CBr)c2)c(Cl)c1. The van der Waals surface area contributed by atoms with E-state index in [0.29, 0.717) is 16.1 Å². The van der Waals surface area contributed by atoms with E-state index < -0.39 is 11.7 Å². The normalized spacial score (nSPS) is 11.6. The Hall–Kier alpha value is -0.620. The maximum absolute atomic E-state index is 12.7. The van der Waals surface area contributed by atoms with Crippen LogP contribution >= 0.6 is 50.7 Å². The Bertz CT molecular complexity index is 681. The van der Waals surface area contributed by atoms with Gasteiger partial charge in [0.1, 0.15) is 5.75 Å². The molecule has 22 heavy (non-hydrogen) atoms. The molecule has 0 unspecified atom stereocenters. The Morgan fingerprint density at radius 2 is 1.55 bits per heavy atom. The molecule has 0 saturated heterocycles. The molecule has 118 valence electrons. The van der Waals surface area contributed by atoms with Gasteiger partial charge < -0.3 is 4.74 Å². The van der Waals surface area contributed by atoms with Crippen molar-refractivity contribution in [2.75, 3.05) is 0 Å². The molecule has 0 fully saturated rings. The molecule has 2 rings (SSSR count). The second-order valence-corrected chi connectivity index (χ2v) is 6.04. The summed E-state index contributed by atoms with van der Waals surface area (Å²) >= 11 is 20.9. The van der Waals surface area contributed by atoms with Gasteiger partial charge in [-0.25, -0.2) is 0 Å². The molecule has 0 radical (unpaired) electrons. The highest BCUT2D eigenvalue weighted by Gasteiger charge is 2.32. The molecular weight excluding hydrogens is 427 g/mol. The molecular formula is C14H7BrCl3F3O. The number of hydrogen-bond donors (Lipinski definition) is 0. The average molecular weight is 434 g/mol. The van der Waals surface area contributed by atoms with Crippen molar-refractivity contribution >= 4 is 50.7 Å². The highest BCUT2D eigenvalue weighted by Crippen LogP contribution is 2.42. The zero-order chi connectivity index (χ0) is 16.5. The molecule has 2 aromatic rings. The lowest BCUT2D eigenvalue weighted by Gasteiger charge is -2.14. The van der Waals surface area contributed by atoms with Crippen LogP contribution in [0.4, 0.5) is 13.2 Å². The van der Waals surface area contributed by atoms with Crippen molar-refractivity contribution in [1.29, 1.82) is 0 Å². The van der Waals surface area contributed by atoms with Crippen LogP contribution in [0, 0.1) is 0 Å². The van der Waals surface area contributed by atoms with Crippen LogP contribution in [-0.2, 0) is 11.5 Å². The fraction of sp³-hybridized carbons (Fsp3) is 0.143. The van der Waals surface area contributed by atoms with Gasteiger partial charge in [0.15, 0.2) is 5.75 Å². The van der Waals surface area contributed by atoms with E-state index in [2.05, 4.69) is 15.9 Å². The molecule has 0 N–H and O–H groups in total. The molecule has 2 aromatic carbocycles. The molecule has 8 heteroatoms. The first-order valence-corrected chi connectivity index (χ1v) is 8.06. The highest BCUT2D eigenvalue weighted by molar-refractivity contribution is 9.08. The monoisotopic (exact) mass is 432 g/mol. The Labute approximate surface area is 148 Å². The number of rotatable bonds is 3. The second kappa shape index (κ2) is 6.87. The minimum absolute atomic E-state index is 0.0424. The number of ether oxygens (including phenoxy) is 1. The average Bonchev–Trinajstić information content (AvgIpc) is 2.43. The van der Waals surface area contributed by atoms with E-state index in [1.54, 1.807) is 18.2 Å². The van der Waals surface area contributed by atoms with Crippen molar-refractivity contribution in [3.63, 3.8) is 0 Å². The molecule has 0 atom stereocenters. The maximum atomic E-state index is 12.7. The van der Waals surface area contributed by atoms with Gasteiger partial charge in [0.2, 0.25) is 0 Å². The van der Waals surface area contributed by atoms with E-state index >= 15 is 0 Å². The molecule has 1 nitrogen and oxygen atoms in total. The highest BCUT2D eigenvalue weighted by atomic mass is 79.9. The summed E-state index contributed by atoms with van der Waals surface area (Å²) in [6.45, 7) is 0. The van der Waals surface area contributed by atoms with Gasteiger partial charge in [0.25, 0.3) is 0 Å². The molecule has 0 aliphatic carbocycles. The third-order valence-corrected chi connectivity index (χ3v) is 4.24. The van der Waals surface area contributed by atoms with Crippen LogP contribution < -0.4 is 4.74 Å². The summed E-state index contributed by atoms with van der Waals surface area (Å²) in [5, 5.41) is 0.580. The number of hydrogen-bond acceptors (Lipinski definition) is 1.